The standard InChI is InChI=1S/C14H22N2/c1-3-8-16(14-9-15-10-14)11-13-6-4-12(2)5-7-13/h4-7,14-15H,3,8-11H2,1-2H3. The van der Waals surface area contributed by atoms with Gasteiger partial charge in [0.05, 0.1) is 0 Å². The summed E-state index contributed by atoms with van der Waals surface area (Å²) in [7, 11) is 0. The molecule has 2 nitrogen and oxygen atoms in total. The first-order chi connectivity index (χ1) is 7.79. The minimum absolute atomic E-state index is 0.751. The minimum atomic E-state index is 0.751. The number of benzene rings is 1. The first kappa shape index (κ1) is 11.6. The highest BCUT2D eigenvalue weighted by atomic mass is 15.2. The molecule has 2 heteroatoms. The second-order valence-electron chi connectivity index (χ2n) is 4.77. The molecule has 0 aliphatic carbocycles. The van der Waals surface area contributed by atoms with Crippen molar-refractivity contribution in [1.29, 1.82) is 0 Å². The molecule has 1 N–H and O–H groups in total. The smallest absolute Gasteiger partial charge is 0.0348 e. The first-order valence-corrected chi connectivity index (χ1v) is 6.30. The van der Waals surface area contributed by atoms with Gasteiger partial charge >= 0.3 is 0 Å². The van der Waals surface area contributed by atoms with Crippen LogP contribution in [0.4, 0.5) is 0 Å². The summed E-state index contributed by atoms with van der Waals surface area (Å²) in [6.07, 6.45) is 1.24. The average Bonchev–Trinajstić information content (AvgIpc) is 2.19. The van der Waals surface area contributed by atoms with Gasteiger partial charge in [-0.15, -0.1) is 0 Å². The van der Waals surface area contributed by atoms with Gasteiger partial charge in [-0.25, -0.2) is 0 Å². The molecule has 0 unspecified atom stereocenters. The second kappa shape index (κ2) is 5.46. The number of hydrogen-bond donors (Lipinski definition) is 1. The van der Waals surface area contributed by atoms with Crippen LogP contribution < -0.4 is 5.32 Å². The lowest BCUT2D eigenvalue weighted by Gasteiger charge is -2.38. The second-order valence-corrected chi connectivity index (χ2v) is 4.77. The van der Waals surface area contributed by atoms with Crippen LogP contribution in [0.3, 0.4) is 0 Å². The van der Waals surface area contributed by atoms with E-state index in [9.17, 15) is 0 Å². The fourth-order valence-corrected chi connectivity index (χ4v) is 2.14. The summed E-state index contributed by atoms with van der Waals surface area (Å²) >= 11 is 0. The maximum Gasteiger partial charge on any atom is 0.0348 e. The molecular formula is C14H22N2. The van der Waals surface area contributed by atoms with Crippen LogP contribution in [-0.4, -0.2) is 30.6 Å². The van der Waals surface area contributed by atoms with Crippen molar-refractivity contribution < 1.29 is 0 Å². The molecule has 0 amide bonds. The maximum atomic E-state index is 3.35. The first-order valence-electron chi connectivity index (χ1n) is 6.30. The van der Waals surface area contributed by atoms with Gasteiger partial charge in [-0.05, 0) is 25.5 Å². The fraction of sp³-hybridized carbons (Fsp3) is 0.571. The van der Waals surface area contributed by atoms with Crippen molar-refractivity contribution in [1.82, 2.24) is 10.2 Å². The summed E-state index contributed by atoms with van der Waals surface area (Å²) in [4.78, 5) is 2.60. The Labute approximate surface area is 98.7 Å². The molecule has 1 saturated heterocycles. The van der Waals surface area contributed by atoms with E-state index in [0.717, 1.165) is 25.7 Å². The van der Waals surface area contributed by atoms with Crippen molar-refractivity contribution in [2.24, 2.45) is 0 Å². The van der Waals surface area contributed by atoms with Crippen LogP contribution in [0.15, 0.2) is 24.3 Å². The Bertz CT molecular complexity index is 314. The predicted molar refractivity (Wildman–Crippen MR) is 68.5 cm³/mol. The van der Waals surface area contributed by atoms with E-state index in [-0.39, 0.29) is 0 Å². The van der Waals surface area contributed by atoms with Crippen LogP contribution >= 0.6 is 0 Å². The highest BCUT2D eigenvalue weighted by Gasteiger charge is 2.23. The van der Waals surface area contributed by atoms with Crippen molar-refractivity contribution in [3.8, 4) is 0 Å². The minimum Gasteiger partial charge on any atom is -0.314 e. The highest BCUT2D eigenvalue weighted by Crippen LogP contribution is 2.12. The highest BCUT2D eigenvalue weighted by molar-refractivity contribution is 5.21. The van der Waals surface area contributed by atoms with Crippen molar-refractivity contribution in [3.05, 3.63) is 35.4 Å². The Morgan fingerprint density at radius 3 is 2.44 bits per heavy atom. The zero-order valence-corrected chi connectivity index (χ0v) is 10.4. The molecule has 2 rings (SSSR count). The zero-order chi connectivity index (χ0) is 11.4. The lowest BCUT2D eigenvalue weighted by atomic mass is 10.1. The predicted octanol–water partition coefficient (Wildman–Crippen LogP) is 2.18. The molecule has 0 bridgehead atoms. The Hall–Kier alpha value is -0.860. The van der Waals surface area contributed by atoms with Crippen LogP contribution in [0.2, 0.25) is 0 Å². The molecule has 0 atom stereocenters. The summed E-state index contributed by atoms with van der Waals surface area (Å²) in [5, 5.41) is 3.35. The van der Waals surface area contributed by atoms with E-state index < -0.39 is 0 Å². The summed E-state index contributed by atoms with van der Waals surface area (Å²) in [5.41, 5.74) is 2.78. The Morgan fingerprint density at radius 2 is 1.94 bits per heavy atom. The fourth-order valence-electron chi connectivity index (χ4n) is 2.14. The molecule has 16 heavy (non-hydrogen) atoms. The number of rotatable bonds is 5. The SMILES string of the molecule is CCCN(Cc1ccc(C)cc1)C1CNC1. The van der Waals surface area contributed by atoms with Gasteiger partial charge in [0, 0.05) is 25.7 Å². The van der Waals surface area contributed by atoms with Crippen LogP contribution in [-0.2, 0) is 6.54 Å². The Balaban J connectivity index is 1.96. The molecule has 1 aliphatic heterocycles. The molecule has 1 heterocycles. The zero-order valence-electron chi connectivity index (χ0n) is 10.4. The van der Waals surface area contributed by atoms with E-state index in [1.54, 1.807) is 0 Å². The Morgan fingerprint density at radius 1 is 1.25 bits per heavy atom. The molecule has 1 aromatic rings. The van der Waals surface area contributed by atoms with Crippen LogP contribution in [0.25, 0.3) is 0 Å². The molecule has 1 aliphatic rings. The summed E-state index contributed by atoms with van der Waals surface area (Å²) in [6, 6.07) is 9.67. The van der Waals surface area contributed by atoms with Crippen molar-refractivity contribution >= 4 is 0 Å². The normalized spacial score (nSPS) is 16.4. The molecule has 0 spiro atoms. The molecular weight excluding hydrogens is 196 g/mol. The van der Waals surface area contributed by atoms with Crippen molar-refractivity contribution in [2.45, 2.75) is 32.9 Å². The van der Waals surface area contributed by atoms with E-state index in [4.69, 9.17) is 0 Å². The summed E-state index contributed by atoms with van der Waals surface area (Å²) in [5.74, 6) is 0. The van der Waals surface area contributed by atoms with Gasteiger partial charge in [0.25, 0.3) is 0 Å². The number of hydrogen-bond acceptors (Lipinski definition) is 2. The third-order valence-corrected chi connectivity index (χ3v) is 3.29. The van der Waals surface area contributed by atoms with E-state index in [1.165, 1.54) is 24.1 Å². The molecule has 0 aromatic heterocycles. The summed E-state index contributed by atoms with van der Waals surface area (Å²) in [6.45, 7) is 9.02. The van der Waals surface area contributed by atoms with Gasteiger partial charge in [0.15, 0.2) is 0 Å². The van der Waals surface area contributed by atoms with Crippen molar-refractivity contribution in [2.75, 3.05) is 19.6 Å². The van der Waals surface area contributed by atoms with Gasteiger partial charge in [0.2, 0.25) is 0 Å². The number of nitrogens with one attached hydrogen (secondary N) is 1. The molecule has 0 saturated carbocycles. The molecule has 88 valence electrons. The lowest BCUT2D eigenvalue weighted by Crippen LogP contribution is -2.56. The number of nitrogens with zero attached hydrogens (tertiary/aromatic N) is 1. The molecule has 0 radical (unpaired) electrons. The third-order valence-electron chi connectivity index (χ3n) is 3.29. The molecule has 1 fully saturated rings. The van der Waals surface area contributed by atoms with Gasteiger partial charge in [-0.1, -0.05) is 36.8 Å². The number of aryl methyl sites for hydroxylation is 1. The van der Waals surface area contributed by atoms with Gasteiger partial charge < -0.3 is 5.32 Å². The monoisotopic (exact) mass is 218 g/mol. The topological polar surface area (TPSA) is 15.3 Å². The van der Waals surface area contributed by atoms with E-state index >= 15 is 0 Å². The maximum absolute atomic E-state index is 3.35. The van der Waals surface area contributed by atoms with Gasteiger partial charge in [0.1, 0.15) is 0 Å². The van der Waals surface area contributed by atoms with Crippen LogP contribution in [0.5, 0.6) is 0 Å². The van der Waals surface area contributed by atoms with Gasteiger partial charge in [-0.3, -0.25) is 4.90 Å². The van der Waals surface area contributed by atoms with E-state index in [1.807, 2.05) is 0 Å². The largest absolute Gasteiger partial charge is 0.314 e. The van der Waals surface area contributed by atoms with Crippen molar-refractivity contribution in [3.63, 3.8) is 0 Å². The van der Waals surface area contributed by atoms with Crippen LogP contribution in [0.1, 0.15) is 24.5 Å². The third kappa shape index (κ3) is 2.83. The summed E-state index contributed by atoms with van der Waals surface area (Å²) < 4.78 is 0. The van der Waals surface area contributed by atoms with E-state index in [2.05, 4.69) is 48.3 Å². The quantitative estimate of drug-likeness (QED) is 0.815. The average molecular weight is 218 g/mol. The van der Waals surface area contributed by atoms with E-state index in [0.29, 0.717) is 0 Å². The Kier molecular flexibility index (Phi) is 3.97. The lowest BCUT2D eigenvalue weighted by molar-refractivity contribution is 0.138. The van der Waals surface area contributed by atoms with Crippen LogP contribution in [0, 0.1) is 6.92 Å². The molecule has 1 aromatic carbocycles. The van der Waals surface area contributed by atoms with Gasteiger partial charge in [-0.2, -0.15) is 0 Å².